The largest absolute Gasteiger partial charge is 0.497 e. The Kier molecular flexibility index (Phi) is 5.48. The Hall–Kier alpha value is -2.57. The molecule has 0 radical (unpaired) electrons. The normalized spacial score (nSPS) is 21.5. The van der Waals surface area contributed by atoms with Gasteiger partial charge in [0.15, 0.2) is 6.73 Å². The van der Waals surface area contributed by atoms with Crippen LogP contribution in [-0.2, 0) is 11.2 Å². The fourth-order valence-electron chi connectivity index (χ4n) is 4.06. The Bertz CT molecular complexity index is 908. The van der Waals surface area contributed by atoms with Gasteiger partial charge < -0.3 is 19.3 Å². The molecule has 2 aromatic rings. The highest BCUT2D eigenvalue weighted by Crippen LogP contribution is 2.35. The number of hydrogen-bond acceptors (Lipinski definition) is 5. The first-order chi connectivity index (χ1) is 14.0. The number of nitrogens with zero attached hydrogens (tertiary/aromatic N) is 1. The van der Waals surface area contributed by atoms with E-state index in [9.17, 15) is 9.90 Å². The van der Waals surface area contributed by atoms with Crippen molar-refractivity contribution in [2.45, 2.75) is 38.8 Å². The van der Waals surface area contributed by atoms with Crippen LogP contribution in [0, 0.1) is 13.8 Å². The van der Waals surface area contributed by atoms with Crippen molar-refractivity contribution >= 4 is 5.91 Å². The zero-order valence-corrected chi connectivity index (χ0v) is 17.1. The van der Waals surface area contributed by atoms with Gasteiger partial charge in [-0.3, -0.25) is 9.69 Å². The van der Waals surface area contributed by atoms with Crippen LogP contribution in [0.1, 0.15) is 39.0 Å². The van der Waals surface area contributed by atoms with E-state index in [0.717, 1.165) is 28.0 Å². The Labute approximate surface area is 171 Å². The molecule has 1 amide bonds. The molecule has 1 saturated heterocycles. The van der Waals surface area contributed by atoms with Crippen LogP contribution in [0.5, 0.6) is 11.5 Å². The van der Waals surface area contributed by atoms with E-state index in [1.807, 2.05) is 37.3 Å². The number of benzene rings is 2. The summed E-state index contributed by atoms with van der Waals surface area (Å²) >= 11 is 0. The van der Waals surface area contributed by atoms with Crippen LogP contribution in [0.4, 0.5) is 0 Å². The van der Waals surface area contributed by atoms with Gasteiger partial charge in [0.2, 0.25) is 0 Å². The number of methoxy groups -OCH3 is 1. The molecule has 154 valence electrons. The van der Waals surface area contributed by atoms with Crippen LogP contribution in [0.25, 0.3) is 0 Å². The standard InChI is InChI=1S/C23H27NO5/c1-14-15(2)22-19(11-17(14)10-16-4-6-18(27-3)7-5-16)23(26)24(13-29-22)20-12-28-9-8-21(20)25/h4-7,11,20-21,25H,8-10,12-13H2,1-3H3. The van der Waals surface area contributed by atoms with E-state index >= 15 is 0 Å². The van der Waals surface area contributed by atoms with Crippen LogP contribution in [-0.4, -0.2) is 55.1 Å². The summed E-state index contributed by atoms with van der Waals surface area (Å²) in [5.41, 5.74) is 4.90. The third kappa shape index (κ3) is 3.70. The maximum atomic E-state index is 13.3. The van der Waals surface area contributed by atoms with Crippen LogP contribution >= 0.6 is 0 Å². The minimum atomic E-state index is -0.594. The molecule has 0 aliphatic carbocycles. The molecule has 1 fully saturated rings. The first-order valence-electron chi connectivity index (χ1n) is 9.95. The number of hydrogen-bond donors (Lipinski definition) is 1. The van der Waals surface area contributed by atoms with E-state index in [1.165, 1.54) is 0 Å². The minimum Gasteiger partial charge on any atom is -0.497 e. The lowest BCUT2D eigenvalue weighted by Crippen LogP contribution is -2.55. The van der Waals surface area contributed by atoms with E-state index in [0.29, 0.717) is 37.4 Å². The highest BCUT2D eigenvalue weighted by atomic mass is 16.5. The monoisotopic (exact) mass is 397 g/mol. The van der Waals surface area contributed by atoms with Crippen molar-refractivity contribution in [3.8, 4) is 11.5 Å². The predicted octanol–water partition coefficient (Wildman–Crippen LogP) is 2.84. The van der Waals surface area contributed by atoms with Gasteiger partial charge in [0.05, 0.1) is 31.4 Å². The van der Waals surface area contributed by atoms with Crippen molar-refractivity contribution in [3.63, 3.8) is 0 Å². The van der Waals surface area contributed by atoms with Crippen molar-refractivity contribution in [2.75, 3.05) is 27.1 Å². The van der Waals surface area contributed by atoms with Gasteiger partial charge in [0, 0.05) is 6.61 Å². The average molecular weight is 397 g/mol. The second kappa shape index (κ2) is 8.05. The molecule has 2 unspecified atom stereocenters. The number of ether oxygens (including phenoxy) is 3. The van der Waals surface area contributed by atoms with Crippen molar-refractivity contribution in [1.82, 2.24) is 4.90 Å². The molecular weight excluding hydrogens is 370 g/mol. The van der Waals surface area contributed by atoms with Crippen molar-refractivity contribution < 1.29 is 24.1 Å². The third-order valence-corrected chi connectivity index (χ3v) is 6.03. The van der Waals surface area contributed by atoms with Gasteiger partial charge in [-0.15, -0.1) is 0 Å². The number of amides is 1. The average Bonchev–Trinajstić information content (AvgIpc) is 2.74. The van der Waals surface area contributed by atoms with E-state index in [2.05, 4.69) is 6.92 Å². The summed E-state index contributed by atoms with van der Waals surface area (Å²) in [5.74, 6) is 1.35. The Morgan fingerprint density at radius 1 is 1.21 bits per heavy atom. The Morgan fingerprint density at radius 3 is 2.66 bits per heavy atom. The second-order valence-corrected chi connectivity index (χ2v) is 7.73. The van der Waals surface area contributed by atoms with E-state index in [4.69, 9.17) is 14.2 Å². The smallest absolute Gasteiger partial charge is 0.260 e. The van der Waals surface area contributed by atoms with Gasteiger partial charge in [-0.05, 0) is 67.1 Å². The maximum Gasteiger partial charge on any atom is 0.260 e. The summed E-state index contributed by atoms with van der Waals surface area (Å²) in [7, 11) is 1.65. The van der Waals surface area contributed by atoms with Gasteiger partial charge in [0.25, 0.3) is 5.91 Å². The number of carbonyl (C=O) groups is 1. The molecule has 2 heterocycles. The second-order valence-electron chi connectivity index (χ2n) is 7.73. The molecule has 6 nitrogen and oxygen atoms in total. The van der Waals surface area contributed by atoms with Gasteiger partial charge in [-0.1, -0.05) is 12.1 Å². The van der Waals surface area contributed by atoms with E-state index in [1.54, 1.807) is 12.0 Å². The lowest BCUT2D eigenvalue weighted by atomic mass is 9.92. The summed E-state index contributed by atoms with van der Waals surface area (Å²) in [6, 6.07) is 9.51. The zero-order chi connectivity index (χ0) is 20.5. The van der Waals surface area contributed by atoms with Gasteiger partial charge in [0.1, 0.15) is 11.5 Å². The maximum absolute atomic E-state index is 13.3. The molecule has 2 aromatic carbocycles. The van der Waals surface area contributed by atoms with E-state index < -0.39 is 6.10 Å². The molecule has 1 N–H and O–H groups in total. The van der Waals surface area contributed by atoms with Crippen LogP contribution in [0.15, 0.2) is 30.3 Å². The highest BCUT2D eigenvalue weighted by molar-refractivity contribution is 5.99. The molecular formula is C23H27NO5. The van der Waals surface area contributed by atoms with Crippen LogP contribution in [0.2, 0.25) is 0 Å². The summed E-state index contributed by atoms with van der Waals surface area (Å²) in [4.78, 5) is 14.9. The first-order valence-corrected chi connectivity index (χ1v) is 9.95. The van der Waals surface area contributed by atoms with Crippen LogP contribution in [0.3, 0.4) is 0 Å². The fourth-order valence-corrected chi connectivity index (χ4v) is 4.06. The number of rotatable bonds is 4. The third-order valence-electron chi connectivity index (χ3n) is 6.03. The molecule has 0 saturated carbocycles. The fraction of sp³-hybridized carbons (Fsp3) is 0.435. The molecule has 0 bridgehead atoms. The number of fused-ring (bicyclic) bond motifs is 1. The zero-order valence-electron chi connectivity index (χ0n) is 17.1. The summed E-state index contributed by atoms with van der Waals surface area (Å²) in [6.07, 6.45) is 0.645. The molecule has 29 heavy (non-hydrogen) atoms. The number of aliphatic hydroxyl groups excluding tert-OH is 1. The van der Waals surface area contributed by atoms with Crippen molar-refractivity contribution in [3.05, 3.63) is 58.1 Å². The first kappa shape index (κ1) is 19.7. The molecule has 2 aliphatic heterocycles. The van der Waals surface area contributed by atoms with Crippen molar-refractivity contribution in [1.29, 1.82) is 0 Å². The van der Waals surface area contributed by atoms with E-state index in [-0.39, 0.29) is 18.7 Å². The summed E-state index contributed by atoms with van der Waals surface area (Å²) < 4.78 is 16.7. The highest BCUT2D eigenvalue weighted by Gasteiger charge is 2.37. The topological polar surface area (TPSA) is 68.2 Å². The molecule has 4 rings (SSSR count). The molecule has 2 atom stereocenters. The minimum absolute atomic E-state index is 0.111. The lowest BCUT2D eigenvalue weighted by molar-refractivity contribution is -0.0697. The Morgan fingerprint density at radius 2 is 1.97 bits per heavy atom. The van der Waals surface area contributed by atoms with Crippen LogP contribution < -0.4 is 9.47 Å². The summed E-state index contributed by atoms with van der Waals surface area (Å²) in [5, 5.41) is 10.3. The molecule has 6 heteroatoms. The number of aliphatic hydroxyl groups is 1. The SMILES string of the molecule is COc1ccc(Cc2cc3c(c(C)c2C)OCN(C2COCCC2O)C3=O)cc1. The molecule has 0 aromatic heterocycles. The van der Waals surface area contributed by atoms with Gasteiger partial charge >= 0.3 is 0 Å². The molecule has 2 aliphatic rings. The molecule has 0 spiro atoms. The Balaban J connectivity index is 1.65. The van der Waals surface area contributed by atoms with Crippen molar-refractivity contribution in [2.24, 2.45) is 0 Å². The summed E-state index contributed by atoms with van der Waals surface area (Å²) in [6.45, 7) is 5.03. The quantitative estimate of drug-likeness (QED) is 0.859. The predicted molar refractivity (Wildman–Crippen MR) is 109 cm³/mol. The number of carbonyl (C=O) groups excluding carboxylic acids is 1. The van der Waals surface area contributed by atoms with Gasteiger partial charge in [-0.2, -0.15) is 0 Å². The van der Waals surface area contributed by atoms with Gasteiger partial charge in [-0.25, -0.2) is 0 Å². The lowest BCUT2D eigenvalue weighted by Gasteiger charge is -2.40.